The number of benzene rings is 2. The lowest BCUT2D eigenvalue weighted by Gasteiger charge is -2.19. The summed E-state index contributed by atoms with van der Waals surface area (Å²) in [7, 11) is 0. The summed E-state index contributed by atoms with van der Waals surface area (Å²) >= 11 is 0. The third-order valence-electron chi connectivity index (χ3n) is 3.27. The van der Waals surface area contributed by atoms with E-state index in [-0.39, 0.29) is 12.3 Å². The van der Waals surface area contributed by atoms with Crippen LogP contribution in [0.1, 0.15) is 24.0 Å². The molecule has 100 valence electrons. The van der Waals surface area contributed by atoms with Crippen molar-refractivity contribution in [1.29, 1.82) is 0 Å². The molecule has 0 saturated heterocycles. The van der Waals surface area contributed by atoms with Gasteiger partial charge in [0.1, 0.15) is 11.6 Å². The smallest absolute Gasteiger partial charge is 0.126 e. The Labute approximate surface area is 111 Å². The maximum Gasteiger partial charge on any atom is 0.126 e. The van der Waals surface area contributed by atoms with Crippen LogP contribution in [-0.2, 0) is 6.42 Å². The molecule has 2 rings (SSSR count). The Bertz CT molecular complexity index is 519. The van der Waals surface area contributed by atoms with Gasteiger partial charge in [-0.25, -0.2) is 8.78 Å². The summed E-state index contributed by atoms with van der Waals surface area (Å²) in [6.45, 7) is 1.90. The van der Waals surface area contributed by atoms with E-state index in [0.717, 1.165) is 11.6 Å². The maximum atomic E-state index is 13.1. The number of hydrogen-bond donors (Lipinski definition) is 1. The highest BCUT2D eigenvalue weighted by Gasteiger charge is 2.17. The molecule has 2 unspecified atom stereocenters. The molecule has 0 saturated carbocycles. The molecule has 1 nitrogen and oxygen atoms in total. The Morgan fingerprint density at radius 2 is 1.58 bits per heavy atom. The fourth-order valence-corrected chi connectivity index (χ4v) is 2.13. The average molecular weight is 262 g/mol. The molecule has 0 amide bonds. The number of halogens is 2. The number of aliphatic hydroxyl groups is 1. The zero-order valence-corrected chi connectivity index (χ0v) is 10.7. The van der Waals surface area contributed by atoms with Gasteiger partial charge in [-0.1, -0.05) is 37.3 Å². The molecule has 3 heteroatoms. The van der Waals surface area contributed by atoms with Crippen LogP contribution in [0, 0.1) is 11.6 Å². The van der Waals surface area contributed by atoms with E-state index in [1.165, 1.54) is 12.1 Å². The minimum absolute atomic E-state index is 0.0903. The van der Waals surface area contributed by atoms with Crippen LogP contribution in [0.2, 0.25) is 0 Å². The van der Waals surface area contributed by atoms with Gasteiger partial charge in [-0.3, -0.25) is 0 Å². The van der Waals surface area contributed by atoms with E-state index in [9.17, 15) is 13.9 Å². The van der Waals surface area contributed by atoms with Crippen molar-refractivity contribution in [2.75, 3.05) is 0 Å². The first-order valence-corrected chi connectivity index (χ1v) is 6.24. The highest BCUT2D eigenvalue weighted by Crippen LogP contribution is 2.22. The van der Waals surface area contributed by atoms with Gasteiger partial charge in [0.05, 0.1) is 6.10 Å². The molecular weight excluding hydrogens is 246 g/mol. The van der Waals surface area contributed by atoms with E-state index in [2.05, 4.69) is 0 Å². The molecule has 0 radical (unpaired) electrons. The minimum atomic E-state index is -0.677. The maximum absolute atomic E-state index is 13.1. The van der Waals surface area contributed by atoms with Gasteiger partial charge in [0.15, 0.2) is 0 Å². The Hall–Kier alpha value is -1.74. The zero-order valence-electron chi connectivity index (χ0n) is 10.7. The molecule has 2 aromatic carbocycles. The van der Waals surface area contributed by atoms with Crippen molar-refractivity contribution in [2.45, 2.75) is 25.4 Å². The Morgan fingerprint density at radius 1 is 1.00 bits per heavy atom. The third-order valence-corrected chi connectivity index (χ3v) is 3.27. The molecule has 0 fully saturated rings. The van der Waals surface area contributed by atoms with Crippen molar-refractivity contribution in [2.24, 2.45) is 0 Å². The van der Waals surface area contributed by atoms with E-state index in [4.69, 9.17) is 0 Å². The lowest BCUT2D eigenvalue weighted by molar-refractivity contribution is 0.149. The SMILES string of the molecule is CC(c1ccccc1)C(O)Cc1cc(F)cc(F)c1. The van der Waals surface area contributed by atoms with Crippen LogP contribution in [-0.4, -0.2) is 11.2 Å². The van der Waals surface area contributed by atoms with Gasteiger partial charge in [-0.15, -0.1) is 0 Å². The second-order valence-corrected chi connectivity index (χ2v) is 4.75. The number of hydrogen-bond acceptors (Lipinski definition) is 1. The minimum Gasteiger partial charge on any atom is -0.392 e. The molecule has 0 aliphatic rings. The molecular formula is C16H16F2O. The van der Waals surface area contributed by atoms with Crippen LogP contribution in [0.15, 0.2) is 48.5 Å². The average Bonchev–Trinajstić information content (AvgIpc) is 2.37. The monoisotopic (exact) mass is 262 g/mol. The van der Waals surface area contributed by atoms with Crippen LogP contribution >= 0.6 is 0 Å². The first-order valence-electron chi connectivity index (χ1n) is 6.24. The van der Waals surface area contributed by atoms with Crippen molar-refractivity contribution >= 4 is 0 Å². The second kappa shape index (κ2) is 5.93. The predicted octanol–water partition coefficient (Wildman–Crippen LogP) is 3.67. The molecule has 19 heavy (non-hydrogen) atoms. The van der Waals surface area contributed by atoms with Gasteiger partial charge in [0, 0.05) is 12.0 Å². The molecule has 0 aromatic heterocycles. The molecule has 2 atom stereocenters. The number of aliphatic hydroxyl groups excluding tert-OH is 1. The Kier molecular flexibility index (Phi) is 4.27. The lowest BCUT2D eigenvalue weighted by atomic mass is 9.91. The second-order valence-electron chi connectivity index (χ2n) is 4.75. The molecule has 0 aliphatic carbocycles. The zero-order chi connectivity index (χ0) is 13.8. The van der Waals surface area contributed by atoms with Crippen LogP contribution < -0.4 is 0 Å². The van der Waals surface area contributed by atoms with E-state index in [0.29, 0.717) is 5.56 Å². The van der Waals surface area contributed by atoms with Crippen molar-refractivity contribution in [1.82, 2.24) is 0 Å². The molecule has 1 N–H and O–H groups in total. The van der Waals surface area contributed by atoms with Gasteiger partial charge in [0.25, 0.3) is 0 Å². The summed E-state index contributed by atoms with van der Waals surface area (Å²) in [5.74, 6) is -1.32. The van der Waals surface area contributed by atoms with Crippen molar-refractivity contribution in [3.8, 4) is 0 Å². The van der Waals surface area contributed by atoms with Crippen molar-refractivity contribution in [3.63, 3.8) is 0 Å². The van der Waals surface area contributed by atoms with E-state index in [1.54, 1.807) is 0 Å². The standard InChI is InChI=1S/C16H16F2O/c1-11(13-5-3-2-4-6-13)16(19)9-12-7-14(17)10-15(18)8-12/h2-8,10-11,16,19H,9H2,1H3. The fraction of sp³-hybridized carbons (Fsp3) is 0.250. The highest BCUT2D eigenvalue weighted by molar-refractivity contribution is 5.23. The van der Waals surface area contributed by atoms with E-state index >= 15 is 0 Å². The first-order chi connectivity index (χ1) is 9.06. The molecule has 0 aliphatic heterocycles. The summed E-state index contributed by atoms with van der Waals surface area (Å²) in [6.07, 6.45) is -0.450. The fourth-order valence-electron chi connectivity index (χ4n) is 2.13. The van der Waals surface area contributed by atoms with Gasteiger partial charge < -0.3 is 5.11 Å². The molecule has 0 spiro atoms. The van der Waals surface area contributed by atoms with E-state index in [1.807, 2.05) is 37.3 Å². The Morgan fingerprint density at radius 3 is 2.16 bits per heavy atom. The van der Waals surface area contributed by atoms with Crippen LogP contribution in [0.5, 0.6) is 0 Å². The van der Waals surface area contributed by atoms with Gasteiger partial charge >= 0.3 is 0 Å². The van der Waals surface area contributed by atoms with Gasteiger partial charge in [-0.2, -0.15) is 0 Å². The normalized spacial score (nSPS) is 14.1. The summed E-state index contributed by atoms with van der Waals surface area (Å²) in [5.41, 5.74) is 1.47. The summed E-state index contributed by atoms with van der Waals surface area (Å²) in [5, 5.41) is 10.2. The lowest BCUT2D eigenvalue weighted by Crippen LogP contribution is -2.18. The predicted molar refractivity (Wildman–Crippen MR) is 70.9 cm³/mol. The molecule has 0 heterocycles. The summed E-state index contributed by atoms with van der Waals surface area (Å²) < 4.78 is 26.2. The summed E-state index contributed by atoms with van der Waals surface area (Å²) in [6, 6.07) is 12.9. The quantitative estimate of drug-likeness (QED) is 0.891. The van der Waals surface area contributed by atoms with E-state index < -0.39 is 17.7 Å². The van der Waals surface area contributed by atoms with Crippen molar-refractivity contribution in [3.05, 3.63) is 71.3 Å². The number of rotatable bonds is 4. The van der Waals surface area contributed by atoms with Crippen LogP contribution in [0.4, 0.5) is 8.78 Å². The Balaban J connectivity index is 2.10. The largest absolute Gasteiger partial charge is 0.392 e. The molecule has 0 bridgehead atoms. The van der Waals surface area contributed by atoms with Crippen LogP contribution in [0.3, 0.4) is 0 Å². The topological polar surface area (TPSA) is 20.2 Å². The summed E-state index contributed by atoms with van der Waals surface area (Å²) in [4.78, 5) is 0. The first kappa shape index (κ1) is 13.7. The molecule has 2 aromatic rings. The third kappa shape index (κ3) is 3.61. The van der Waals surface area contributed by atoms with Gasteiger partial charge in [0.2, 0.25) is 0 Å². The van der Waals surface area contributed by atoms with Crippen LogP contribution in [0.25, 0.3) is 0 Å². The van der Waals surface area contributed by atoms with Crippen molar-refractivity contribution < 1.29 is 13.9 Å². The van der Waals surface area contributed by atoms with Gasteiger partial charge in [-0.05, 0) is 29.7 Å². The highest BCUT2D eigenvalue weighted by atomic mass is 19.1.